The van der Waals surface area contributed by atoms with Crippen molar-refractivity contribution in [3.63, 3.8) is 0 Å². The van der Waals surface area contributed by atoms with Crippen molar-refractivity contribution in [2.24, 2.45) is 23.5 Å². The van der Waals surface area contributed by atoms with Crippen LogP contribution in [0.25, 0.3) is 0 Å². The lowest BCUT2D eigenvalue weighted by Gasteiger charge is -2.36. The Labute approximate surface area is 99.9 Å². The average molecular weight is 225 g/mol. The molecule has 94 valence electrons. The Bertz CT molecular complexity index is 219. The first kappa shape index (κ1) is 12.4. The molecule has 0 aromatic heterocycles. The molecule has 0 amide bonds. The summed E-state index contributed by atoms with van der Waals surface area (Å²) < 4.78 is 5.82. The number of hydrogen-bond acceptors (Lipinski definition) is 2. The average Bonchev–Trinajstić information content (AvgIpc) is 2.74. The molecule has 1 aliphatic carbocycles. The van der Waals surface area contributed by atoms with Crippen molar-refractivity contribution in [2.75, 3.05) is 6.61 Å². The van der Waals surface area contributed by atoms with Crippen molar-refractivity contribution >= 4 is 0 Å². The predicted octanol–water partition coefficient (Wildman–Crippen LogP) is 2.96. The van der Waals surface area contributed by atoms with E-state index in [-0.39, 0.29) is 6.04 Å². The van der Waals surface area contributed by atoms with E-state index in [0.717, 1.165) is 12.5 Å². The van der Waals surface area contributed by atoms with Crippen molar-refractivity contribution in [2.45, 2.75) is 64.5 Å². The highest BCUT2D eigenvalue weighted by molar-refractivity contribution is 4.89. The molecule has 0 bridgehead atoms. The normalized spacial score (nSPS) is 42.2. The van der Waals surface area contributed by atoms with Gasteiger partial charge in [-0.15, -0.1) is 0 Å². The molecule has 5 atom stereocenters. The highest BCUT2D eigenvalue weighted by Crippen LogP contribution is 2.36. The summed E-state index contributed by atoms with van der Waals surface area (Å²) in [5.41, 5.74) is 6.44. The van der Waals surface area contributed by atoms with Gasteiger partial charge in [0.05, 0.1) is 6.10 Å². The smallest absolute Gasteiger partial charge is 0.0754 e. The minimum atomic E-state index is 0.284. The third-order valence-electron chi connectivity index (χ3n) is 4.77. The van der Waals surface area contributed by atoms with E-state index < -0.39 is 0 Å². The molecule has 0 radical (unpaired) electrons. The zero-order chi connectivity index (χ0) is 11.5. The van der Waals surface area contributed by atoms with E-state index in [2.05, 4.69) is 13.8 Å². The van der Waals surface area contributed by atoms with Gasteiger partial charge in [-0.3, -0.25) is 0 Å². The van der Waals surface area contributed by atoms with Gasteiger partial charge in [-0.05, 0) is 37.0 Å². The summed E-state index contributed by atoms with van der Waals surface area (Å²) in [5, 5.41) is 0. The Morgan fingerprint density at radius 2 is 2.12 bits per heavy atom. The number of ether oxygens (including phenoxy) is 1. The third-order valence-corrected chi connectivity index (χ3v) is 4.77. The molecule has 0 spiro atoms. The van der Waals surface area contributed by atoms with Gasteiger partial charge in [0.2, 0.25) is 0 Å². The van der Waals surface area contributed by atoms with E-state index in [1.54, 1.807) is 0 Å². The van der Waals surface area contributed by atoms with Gasteiger partial charge >= 0.3 is 0 Å². The maximum atomic E-state index is 6.44. The number of nitrogens with two attached hydrogens (primary N) is 1. The topological polar surface area (TPSA) is 35.2 Å². The molecule has 1 saturated carbocycles. The first-order valence-corrected chi connectivity index (χ1v) is 7.09. The molecule has 2 rings (SSSR count). The number of hydrogen-bond donors (Lipinski definition) is 1. The molecule has 0 aromatic rings. The van der Waals surface area contributed by atoms with Gasteiger partial charge in [0.1, 0.15) is 0 Å². The van der Waals surface area contributed by atoms with Crippen molar-refractivity contribution in [1.82, 2.24) is 0 Å². The molecule has 1 aliphatic heterocycles. The second-order valence-electron chi connectivity index (χ2n) is 5.88. The fraction of sp³-hybridized carbons (Fsp3) is 1.00. The number of rotatable bonds is 3. The van der Waals surface area contributed by atoms with Crippen LogP contribution in [-0.4, -0.2) is 18.8 Å². The minimum Gasteiger partial charge on any atom is -0.376 e. The Kier molecular flexibility index (Phi) is 4.26. The lowest BCUT2D eigenvalue weighted by atomic mass is 9.74. The van der Waals surface area contributed by atoms with Gasteiger partial charge in [-0.1, -0.05) is 33.1 Å². The molecular weight excluding hydrogens is 198 g/mol. The molecule has 2 N–H and O–H groups in total. The van der Waals surface area contributed by atoms with Crippen LogP contribution in [-0.2, 0) is 4.74 Å². The summed E-state index contributed by atoms with van der Waals surface area (Å²) in [6, 6.07) is 0.284. The zero-order valence-corrected chi connectivity index (χ0v) is 10.8. The maximum Gasteiger partial charge on any atom is 0.0754 e. The van der Waals surface area contributed by atoms with Crippen LogP contribution in [0.3, 0.4) is 0 Å². The summed E-state index contributed by atoms with van der Waals surface area (Å²) in [7, 11) is 0. The van der Waals surface area contributed by atoms with Crippen LogP contribution < -0.4 is 5.73 Å². The summed E-state index contributed by atoms with van der Waals surface area (Å²) >= 11 is 0. The molecule has 1 saturated heterocycles. The van der Waals surface area contributed by atoms with E-state index in [1.165, 1.54) is 38.5 Å². The second kappa shape index (κ2) is 5.50. The van der Waals surface area contributed by atoms with Crippen LogP contribution in [0, 0.1) is 17.8 Å². The molecule has 1 heterocycles. The SMILES string of the molecule is CCC1CCCC(C(N)C2OCCC2C)C1. The van der Waals surface area contributed by atoms with E-state index >= 15 is 0 Å². The van der Waals surface area contributed by atoms with E-state index in [0.29, 0.717) is 17.9 Å². The van der Waals surface area contributed by atoms with Gasteiger partial charge in [0.15, 0.2) is 0 Å². The molecule has 2 fully saturated rings. The fourth-order valence-electron chi connectivity index (χ4n) is 3.53. The lowest BCUT2D eigenvalue weighted by molar-refractivity contribution is 0.0421. The zero-order valence-electron chi connectivity index (χ0n) is 10.8. The van der Waals surface area contributed by atoms with Gasteiger partial charge in [0, 0.05) is 12.6 Å². The lowest BCUT2D eigenvalue weighted by Crippen LogP contribution is -2.45. The summed E-state index contributed by atoms with van der Waals surface area (Å²) in [5.74, 6) is 2.29. The molecule has 16 heavy (non-hydrogen) atoms. The van der Waals surface area contributed by atoms with Crippen LogP contribution in [0.2, 0.25) is 0 Å². The third kappa shape index (κ3) is 2.60. The first-order chi connectivity index (χ1) is 7.72. The van der Waals surface area contributed by atoms with Crippen LogP contribution in [0.1, 0.15) is 52.4 Å². The molecular formula is C14H27NO. The molecule has 2 heteroatoms. The van der Waals surface area contributed by atoms with Crippen molar-refractivity contribution in [1.29, 1.82) is 0 Å². The van der Waals surface area contributed by atoms with Crippen molar-refractivity contribution in [3.05, 3.63) is 0 Å². The van der Waals surface area contributed by atoms with Gasteiger partial charge in [0.25, 0.3) is 0 Å². The monoisotopic (exact) mass is 225 g/mol. The summed E-state index contributed by atoms with van der Waals surface area (Å²) in [6.07, 6.45) is 8.31. The van der Waals surface area contributed by atoms with Crippen molar-refractivity contribution in [3.8, 4) is 0 Å². The van der Waals surface area contributed by atoms with Crippen LogP contribution in [0.15, 0.2) is 0 Å². The van der Waals surface area contributed by atoms with Crippen LogP contribution >= 0.6 is 0 Å². The van der Waals surface area contributed by atoms with Gasteiger partial charge < -0.3 is 10.5 Å². The van der Waals surface area contributed by atoms with E-state index in [9.17, 15) is 0 Å². The van der Waals surface area contributed by atoms with Crippen molar-refractivity contribution < 1.29 is 4.74 Å². The predicted molar refractivity (Wildman–Crippen MR) is 67.2 cm³/mol. The highest BCUT2D eigenvalue weighted by atomic mass is 16.5. The molecule has 2 nitrogen and oxygen atoms in total. The standard InChI is InChI=1S/C14H27NO/c1-3-11-5-4-6-12(9-11)13(15)14-10(2)7-8-16-14/h10-14H,3-9,15H2,1-2H3. The maximum absolute atomic E-state index is 6.44. The van der Waals surface area contributed by atoms with Gasteiger partial charge in [-0.2, -0.15) is 0 Å². The fourth-order valence-corrected chi connectivity index (χ4v) is 3.53. The Balaban J connectivity index is 1.90. The van der Waals surface area contributed by atoms with Crippen LogP contribution in [0.4, 0.5) is 0 Å². The first-order valence-electron chi connectivity index (χ1n) is 7.09. The quantitative estimate of drug-likeness (QED) is 0.801. The molecule has 0 aromatic carbocycles. The molecule has 5 unspecified atom stereocenters. The summed E-state index contributed by atoms with van der Waals surface area (Å²) in [4.78, 5) is 0. The van der Waals surface area contributed by atoms with Crippen LogP contribution in [0.5, 0.6) is 0 Å². The second-order valence-corrected chi connectivity index (χ2v) is 5.88. The summed E-state index contributed by atoms with van der Waals surface area (Å²) in [6.45, 7) is 5.52. The Morgan fingerprint density at radius 1 is 1.31 bits per heavy atom. The Hall–Kier alpha value is -0.0800. The Morgan fingerprint density at radius 3 is 2.75 bits per heavy atom. The van der Waals surface area contributed by atoms with E-state index in [4.69, 9.17) is 10.5 Å². The van der Waals surface area contributed by atoms with E-state index in [1.807, 2.05) is 0 Å². The minimum absolute atomic E-state index is 0.284. The molecule has 2 aliphatic rings. The van der Waals surface area contributed by atoms with Gasteiger partial charge in [-0.25, -0.2) is 0 Å². The largest absolute Gasteiger partial charge is 0.376 e. The highest BCUT2D eigenvalue weighted by Gasteiger charge is 2.36.